The van der Waals surface area contributed by atoms with Gasteiger partial charge in [-0.1, -0.05) is 5.10 Å². The molecule has 0 N–H and O–H groups in total. The van der Waals surface area contributed by atoms with Crippen LogP contribution >= 0.6 is 0 Å². The van der Waals surface area contributed by atoms with Gasteiger partial charge in [0.25, 0.3) is 0 Å². The molecule has 0 saturated carbocycles. The van der Waals surface area contributed by atoms with Crippen molar-refractivity contribution in [2.45, 2.75) is 12.4 Å². The van der Waals surface area contributed by atoms with Crippen LogP contribution in [0.2, 0.25) is 0 Å². The highest BCUT2D eigenvalue weighted by Gasteiger charge is 2.37. The van der Waals surface area contributed by atoms with Gasteiger partial charge in [0.05, 0.1) is 24.3 Å². The van der Waals surface area contributed by atoms with Crippen molar-refractivity contribution in [3.8, 4) is 11.5 Å². The predicted molar refractivity (Wildman–Crippen MR) is 72.8 cm³/mol. The molecule has 2 aromatic rings. The van der Waals surface area contributed by atoms with E-state index in [1.54, 1.807) is 4.90 Å². The van der Waals surface area contributed by atoms with Gasteiger partial charge in [0.2, 0.25) is 5.89 Å². The maximum absolute atomic E-state index is 12.9. The summed E-state index contributed by atoms with van der Waals surface area (Å²) in [5.41, 5.74) is -3.33. The van der Waals surface area contributed by atoms with E-state index < -0.39 is 34.9 Å². The van der Waals surface area contributed by atoms with Crippen molar-refractivity contribution in [2.24, 2.45) is 0 Å². The van der Waals surface area contributed by atoms with Crippen LogP contribution in [0.1, 0.15) is 11.1 Å². The number of hydrogen-bond donors (Lipinski definition) is 0. The maximum Gasteiger partial charge on any atom is 0.416 e. The van der Waals surface area contributed by atoms with Crippen molar-refractivity contribution in [1.29, 1.82) is 0 Å². The molecular weight excluding hydrogens is 356 g/mol. The standard InChI is InChI=1S/C14H11F6N3O2/c15-13(16,17)9-5-8(6-10(7-9)14(18,19)20)11-21-22-12(25-11)23-1-3-24-4-2-23/h5-7H,1-4H2. The third-order valence-corrected chi connectivity index (χ3v) is 3.53. The average Bonchev–Trinajstić information content (AvgIpc) is 3.04. The van der Waals surface area contributed by atoms with E-state index in [0.717, 1.165) is 0 Å². The Kier molecular flexibility index (Phi) is 4.35. The molecule has 0 spiro atoms. The van der Waals surface area contributed by atoms with Gasteiger partial charge in [0.15, 0.2) is 0 Å². The Morgan fingerprint density at radius 3 is 1.92 bits per heavy atom. The maximum atomic E-state index is 12.9. The zero-order valence-electron chi connectivity index (χ0n) is 12.5. The van der Waals surface area contributed by atoms with Crippen molar-refractivity contribution in [3.05, 3.63) is 29.3 Å². The molecule has 0 aliphatic carbocycles. The molecule has 0 bridgehead atoms. The van der Waals surface area contributed by atoms with Gasteiger partial charge < -0.3 is 14.1 Å². The first kappa shape index (κ1) is 17.5. The van der Waals surface area contributed by atoms with Crippen LogP contribution in [0.25, 0.3) is 11.5 Å². The predicted octanol–water partition coefficient (Wildman–Crippen LogP) is 3.61. The molecule has 1 aliphatic heterocycles. The molecule has 11 heteroatoms. The zero-order chi connectivity index (χ0) is 18.2. The summed E-state index contributed by atoms with van der Waals surface area (Å²) >= 11 is 0. The molecule has 0 unspecified atom stereocenters. The van der Waals surface area contributed by atoms with E-state index in [4.69, 9.17) is 9.15 Å². The van der Waals surface area contributed by atoms with E-state index in [1.165, 1.54) is 0 Å². The van der Waals surface area contributed by atoms with Crippen molar-refractivity contribution in [3.63, 3.8) is 0 Å². The number of hydrogen-bond acceptors (Lipinski definition) is 5. The molecule has 0 amide bonds. The summed E-state index contributed by atoms with van der Waals surface area (Å²) in [6.07, 6.45) is -9.88. The van der Waals surface area contributed by atoms with Crippen molar-refractivity contribution >= 4 is 6.01 Å². The first-order chi connectivity index (χ1) is 11.6. The molecule has 1 aromatic carbocycles. The second kappa shape index (κ2) is 6.21. The highest BCUT2D eigenvalue weighted by molar-refractivity contribution is 5.57. The number of anilines is 1. The lowest BCUT2D eigenvalue weighted by Crippen LogP contribution is -2.36. The minimum absolute atomic E-state index is 0.0178. The highest BCUT2D eigenvalue weighted by atomic mass is 19.4. The van der Waals surface area contributed by atoms with Gasteiger partial charge in [-0.3, -0.25) is 0 Å². The largest absolute Gasteiger partial charge is 0.416 e. The molecule has 0 radical (unpaired) electrons. The molecule has 25 heavy (non-hydrogen) atoms. The molecule has 3 rings (SSSR count). The first-order valence-corrected chi connectivity index (χ1v) is 7.10. The van der Waals surface area contributed by atoms with Gasteiger partial charge in [-0.2, -0.15) is 26.3 Å². The fourth-order valence-corrected chi connectivity index (χ4v) is 2.29. The van der Waals surface area contributed by atoms with Crippen molar-refractivity contribution in [2.75, 3.05) is 31.2 Å². The number of ether oxygens (including phenoxy) is 1. The second-order valence-electron chi connectivity index (χ2n) is 5.28. The van der Waals surface area contributed by atoms with Gasteiger partial charge in [-0.25, -0.2) is 0 Å². The minimum Gasteiger partial charge on any atom is -0.403 e. The Balaban J connectivity index is 2.00. The molecule has 2 heterocycles. The smallest absolute Gasteiger partial charge is 0.403 e. The second-order valence-corrected chi connectivity index (χ2v) is 5.28. The normalized spacial score (nSPS) is 16.3. The van der Waals surface area contributed by atoms with Crippen LogP contribution in [-0.2, 0) is 17.1 Å². The molecule has 1 fully saturated rings. The summed E-state index contributed by atoms with van der Waals surface area (Å²) in [5.74, 6) is -0.418. The van der Waals surface area contributed by atoms with Crippen LogP contribution < -0.4 is 4.90 Å². The lowest BCUT2D eigenvalue weighted by molar-refractivity contribution is -0.143. The zero-order valence-corrected chi connectivity index (χ0v) is 12.5. The van der Waals surface area contributed by atoms with E-state index in [9.17, 15) is 26.3 Å². The fourth-order valence-electron chi connectivity index (χ4n) is 2.29. The number of nitrogens with zero attached hydrogens (tertiary/aromatic N) is 3. The average molecular weight is 367 g/mol. The third kappa shape index (κ3) is 3.86. The SMILES string of the molecule is FC(F)(F)c1cc(-c2nnc(N3CCOCC3)o2)cc(C(F)(F)F)c1. The fraction of sp³-hybridized carbons (Fsp3) is 0.429. The van der Waals surface area contributed by atoms with Gasteiger partial charge in [0, 0.05) is 18.7 Å². The lowest BCUT2D eigenvalue weighted by Gasteiger charge is -2.24. The quantitative estimate of drug-likeness (QED) is 0.759. The molecule has 1 aliphatic rings. The number of halogens is 6. The Labute approximate surface area is 137 Å². The summed E-state index contributed by atoms with van der Waals surface area (Å²) in [7, 11) is 0. The van der Waals surface area contributed by atoms with Crippen molar-refractivity contribution in [1.82, 2.24) is 10.2 Å². The number of morpholine rings is 1. The molecular formula is C14H11F6N3O2. The summed E-state index contributed by atoms with van der Waals surface area (Å²) in [6, 6.07) is 1.16. The van der Waals surface area contributed by atoms with E-state index in [-0.39, 0.29) is 12.1 Å². The number of alkyl halides is 6. The monoisotopic (exact) mass is 367 g/mol. The molecule has 1 aromatic heterocycles. The van der Waals surface area contributed by atoms with Crippen LogP contribution in [-0.4, -0.2) is 36.5 Å². The van der Waals surface area contributed by atoms with Crippen LogP contribution in [0.15, 0.2) is 22.6 Å². The Morgan fingerprint density at radius 2 is 1.40 bits per heavy atom. The number of benzene rings is 1. The van der Waals surface area contributed by atoms with Crippen LogP contribution in [0.3, 0.4) is 0 Å². The number of aromatic nitrogens is 2. The summed E-state index contributed by atoms with van der Waals surface area (Å²) < 4.78 is 87.7. The van der Waals surface area contributed by atoms with Gasteiger partial charge in [-0.15, -0.1) is 5.10 Å². The first-order valence-electron chi connectivity index (χ1n) is 7.10. The summed E-state index contributed by atoms with van der Waals surface area (Å²) in [5, 5.41) is 7.27. The van der Waals surface area contributed by atoms with Crippen molar-refractivity contribution < 1.29 is 35.5 Å². The molecule has 136 valence electrons. The van der Waals surface area contributed by atoms with Crippen LogP contribution in [0.4, 0.5) is 32.4 Å². The van der Waals surface area contributed by atoms with E-state index in [1.807, 2.05) is 0 Å². The van der Waals surface area contributed by atoms with Crippen LogP contribution in [0, 0.1) is 0 Å². The van der Waals surface area contributed by atoms with E-state index >= 15 is 0 Å². The minimum atomic E-state index is -4.94. The highest BCUT2D eigenvalue weighted by Crippen LogP contribution is 2.38. The molecule has 1 saturated heterocycles. The summed E-state index contributed by atoms with van der Waals surface area (Å²) in [4.78, 5) is 1.64. The number of rotatable bonds is 2. The summed E-state index contributed by atoms with van der Waals surface area (Å²) in [6.45, 7) is 1.66. The Hall–Kier alpha value is -2.30. The molecule has 0 atom stereocenters. The van der Waals surface area contributed by atoms with Crippen LogP contribution in [0.5, 0.6) is 0 Å². The van der Waals surface area contributed by atoms with Gasteiger partial charge >= 0.3 is 18.4 Å². The van der Waals surface area contributed by atoms with Gasteiger partial charge in [0.1, 0.15) is 0 Å². The van der Waals surface area contributed by atoms with E-state index in [0.29, 0.717) is 38.4 Å². The van der Waals surface area contributed by atoms with E-state index in [2.05, 4.69) is 10.2 Å². The van der Waals surface area contributed by atoms with Gasteiger partial charge in [-0.05, 0) is 18.2 Å². The Bertz CT molecular complexity index is 718. The Morgan fingerprint density at radius 1 is 0.840 bits per heavy atom. The third-order valence-electron chi connectivity index (χ3n) is 3.53. The lowest BCUT2D eigenvalue weighted by atomic mass is 10.0. The topological polar surface area (TPSA) is 51.4 Å². The molecule has 5 nitrogen and oxygen atoms in total.